The zero-order valence-electron chi connectivity index (χ0n) is 11.4. The van der Waals surface area contributed by atoms with Crippen molar-refractivity contribution in [1.82, 2.24) is 0 Å². The Bertz CT molecular complexity index is 583. The van der Waals surface area contributed by atoms with Crippen molar-refractivity contribution in [3.05, 3.63) is 64.1 Å². The third kappa shape index (κ3) is 2.74. The Morgan fingerprint density at radius 1 is 1.15 bits per heavy atom. The van der Waals surface area contributed by atoms with E-state index in [0.29, 0.717) is 12.5 Å². The largest absolute Gasteiger partial charge is 0.371 e. The lowest BCUT2D eigenvalue weighted by Gasteiger charge is -2.20. The number of halogens is 1. The van der Waals surface area contributed by atoms with Gasteiger partial charge in [0, 0.05) is 35.7 Å². The van der Waals surface area contributed by atoms with E-state index in [9.17, 15) is 0 Å². The Labute approximate surface area is 128 Å². The van der Waals surface area contributed by atoms with Gasteiger partial charge in [0.1, 0.15) is 0 Å². The lowest BCUT2D eigenvalue weighted by Crippen LogP contribution is -2.19. The van der Waals surface area contributed by atoms with Crippen molar-refractivity contribution >= 4 is 21.6 Å². The molecule has 2 nitrogen and oxygen atoms in total. The molecule has 1 aliphatic rings. The molecule has 2 aromatic carbocycles. The van der Waals surface area contributed by atoms with Crippen LogP contribution in [0.2, 0.25) is 0 Å². The molecule has 1 saturated heterocycles. The van der Waals surface area contributed by atoms with E-state index >= 15 is 0 Å². The molecule has 2 aromatic rings. The van der Waals surface area contributed by atoms with Crippen molar-refractivity contribution < 1.29 is 0 Å². The molecular formula is C17H19BrN2. The maximum atomic E-state index is 5.71. The third-order valence-electron chi connectivity index (χ3n) is 4.08. The maximum absolute atomic E-state index is 5.71. The summed E-state index contributed by atoms with van der Waals surface area (Å²) in [7, 11) is 0. The zero-order chi connectivity index (χ0) is 13.9. The first-order valence-electron chi connectivity index (χ1n) is 7.06. The lowest BCUT2D eigenvalue weighted by molar-refractivity contribution is 0.775. The third-order valence-corrected chi connectivity index (χ3v) is 4.82. The molecule has 1 fully saturated rings. The minimum absolute atomic E-state index is 0.577. The Morgan fingerprint density at radius 3 is 2.65 bits per heavy atom. The van der Waals surface area contributed by atoms with Gasteiger partial charge in [-0.25, -0.2) is 0 Å². The van der Waals surface area contributed by atoms with E-state index in [1.807, 2.05) is 0 Å². The van der Waals surface area contributed by atoms with Crippen molar-refractivity contribution in [2.24, 2.45) is 5.73 Å². The van der Waals surface area contributed by atoms with Crippen LogP contribution in [0.4, 0.5) is 5.69 Å². The van der Waals surface area contributed by atoms with Gasteiger partial charge in [0.25, 0.3) is 0 Å². The van der Waals surface area contributed by atoms with Crippen molar-refractivity contribution in [3.63, 3.8) is 0 Å². The number of nitrogens with zero attached hydrogens (tertiary/aromatic N) is 1. The van der Waals surface area contributed by atoms with E-state index in [1.54, 1.807) is 0 Å². The second kappa shape index (κ2) is 5.98. The first kappa shape index (κ1) is 13.7. The molecule has 0 spiro atoms. The van der Waals surface area contributed by atoms with Gasteiger partial charge in [-0.1, -0.05) is 52.3 Å². The Balaban J connectivity index is 1.76. The maximum Gasteiger partial charge on any atom is 0.0377 e. The van der Waals surface area contributed by atoms with E-state index < -0.39 is 0 Å². The first-order valence-corrected chi connectivity index (χ1v) is 7.85. The SMILES string of the molecule is NCc1ccc(N2CCC(c3ccccc3)C2)cc1Br. The van der Waals surface area contributed by atoms with Crippen LogP contribution in [0.25, 0.3) is 0 Å². The number of hydrogen-bond donors (Lipinski definition) is 1. The Hall–Kier alpha value is -1.32. The van der Waals surface area contributed by atoms with Crippen LogP contribution in [0.1, 0.15) is 23.5 Å². The van der Waals surface area contributed by atoms with Crippen LogP contribution in [0.15, 0.2) is 53.0 Å². The normalized spacial score (nSPS) is 18.5. The summed E-state index contributed by atoms with van der Waals surface area (Å²) in [5.74, 6) is 0.643. The van der Waals surface area contributed by atoms with Gasteiger partial charge in [-0.05, 0) is 29.7 Å². The second-order valence-corrected chi connectivity index (χ2v) is 6.18. The Kier molecular flexibility index (Phi) is 4.08. The predicted molar refractivity (Wildman–Crippen MR) is 88.0 cm³/mol. The number of hydrogen-bond acceptors (Lipinski definition) is 2. The van der Waals surface area contributed by atoms with E-state index in [1.165, 1.54) is 17.7 Å². The summed E-state index contributed by atoms with van der Waals surface area (Å²) in [4.78, 5) is 2.46. The fraction of sp³-hybridized carbons (Fsp3) is 0.294. The van der Waals surface area contributed by atoms with E-state index in [-0.39, 0.29) is 0 Å². The van der Waals surface area contributed by atoms with Gasteiger partial charge in [0.05, 0.1) is 0 Å². The summed E-state index contributed by atoms with van der Waals surface area (Å²) in [5.41, 5.74) is 9.60. The highest BCUT2D eigenvalue weighted by Gasteiger charge is 2.24. The minimum atomic E-state index is 0.577. The molecule has 1 unspecified atom stereocenters. The van der Waals surface area contributed by atoms with Gasteiger partial charge in [0.15, 0.2) is 0 Å². The van der Waals surface area contributed by atoms with Crippen LogP contribution in [0, 0.1) is 0 Å². The molecule has 1 heterocycles. The first-order chi connectivity index (χ1) is 9.78. The Morgan fingerprint density at radius 2 is 1.95 bits per heavy atom. The predicted octanol–water partition coefficient (Wildman–Crippen LogP) is 3.90. The van der Waals surface area contributed by atoms with Gasteiger partial charge >= 0.3 is 0 Å². The van der Waals surface area contributed by atoms with Gasteiger partial charge in [-0.3, -0.25) is 0 Å². The fourth-order valence-corrected chi connectivity index (χ4v) is 3.42. The zero-order valence-corrected chi connectivity index (χ0v) is 13.0. The second-order valence-electron chi connectivity index (χ2n) is 5.32. The highest BCUT2D eigenvalue weighted by molar-refractivity contribution is 9.10. The molecule has 0 aliphatic carbocycles. The number of benzene rings is 2. The molecule has 1 aliphatic heterocycles. The van der Waals surface area contributed by atoms with Crippen molar-refractivity contribution in [2.45, 2.75) is 18.9 Å². The number of nitrogens with two attached hydrogens (primary N) is 1. The molecular weight excluding hydrogens is 312 g/mol. The summed E-state index contributed by atoms with van der Waals surface area (Å²) < 4.78 is 1.11. The summed E-state index contributed by atoms with van der Waals surface area (Å²) in [6, 6.07) is 17.3. The van der Waals surface area contributed by atoms with E-state index in [4.69, 9.17) is 5.73 Å². The minimum Gasteiger partial charge on any atom is -0.371 e. The van der Waals surface area contributed by atoms with Crippen LogP contribution in [0.5, 0.6) is 0 Å². The number of anilines is 1. The van der Waals surface area contributed by atoms with Crippen LogP contribution < -0.4 is 10.6 Å². The molecule has 0 amide bonds. The van der Waals surface area contributed by atoms with Crippen LogP contribution in [-0.2, 0) is 6.54 Å². The molecule has 104 valence electrons. The standard InChI is InChI=1S/C17H19BrN2/c18-17-10-16(7-6-14(17)11-19)20-9-8-15(12-20)13-4-2-1-3-5-13/h1-7,10,15H,8-9,11-12,19H2. The van der Waals surface area contributed by atoms with Crippen molar-refractivity contribution in [2.75, 3.05) is 18.0 Å². The average Bonchev–Trinajstić information content (AvgIpc) is 2.98. The summed E-state index contributed by atoms with van der Waals surface area (Å²) >= 11 is 3.61. The molecule has 3 rings (SSSR count). The smallest absolute Gasteiger partial charge is 0.0377 e. The average molecular weight is 331 g/mol. The molecule has 0 bridgehead atoms. The molecule has 20 heavy (non-hydrogen) atoms. The fourth-order valence-electron chi connectivity index (χ4n) is 2.89. The van der Waals surface area contributed by atoms with Crippen LogP contribution in [0.3, 0.4) is 0 Å². The highest BCUT2D eigenvalue weighted by atomic mass is 79.9. The topological polar surface area (TPSA) is 29.3 Å². The molecule has 3 heteroatoms. The van der Waals surface area contributed by atoms with Gasteiger partial charge in [-0.2, -0.15) is 0 Å². The van der Waals surface area contributed by atoms with Gasteiger partial charge in [-0.15, -0.1) is 0 Å². The van der Waals surface area contributed by atoms with Crippen molar-refractivity contribution in [3.8, 4) is 0 Å². The quantitative estimate of drug-likeness (QED) is 0.924. The van der Waals surface area contributed by atoms with Crippen LogP contribution >= 0.6 is 15.9 Å². The lowest BCUT2D eigenvalue weighted by atomic mass is 9.99. The molecule has 0 saturated carbocycles. The van der Waals surface area contributed by atoms with Gasteiger partial charge in [0.2, 0.25) is 0 Å². The van der Waals surface area contributed by atoms with E-state index in [2.05, 4.69) is 69.4 Å². The molecule has 0 radical (unpaired) electrons. The van der Waals surface area contributed by atoms with E-state index in [0.717, 1.165) is 23.1 Å². The summed E-state index contributed by atoms with van der Waals surface area (Å²) in [6.45, 7) is 2.79. The number of rotatable bonds is 3. The molecule has 0 aromatic heterocycles. The molecule has 2 N–H and O–H groups in total. The summed E-state index contributed by atoms with van der Waals surface area (Å²) in [6.07, 6.45) is 1.22. The molecule has 1 atom stereocenters. The van der Waals surface area contributed by atoms with Crippen LogP contribution in [-0.4, -0.2) is 13.1 Å². The van der Waals surface area contributed by atoms with Gasteiger partial charge < -0.3 is 10.6 Å². The highest BCUT2D eigenvalue weighted by Crippen LogP contribution is 2.32. The monoisotopic (exact) mass is 330 g/mol. The van der Waals surface area contributed by atoms with Crippen molar-refractivity contribution in [1.29, 1.82) is 0 Å². The summed E-state index contributed by atoms with van der Waals surface area (Å²) in [5, 5.41) is 0.